The normalized spacial score (nSPS) is 10.8. The molecule has 0 radical (unpaired) electrons. The first kappa shape index (κ1) is 16.4. The summed E-state index contributed by atoms with van der Waals surface area (Å²) < 4.78 is 5.07. The van der Waals surface area contributed by atoms with Crippen molar-refractivity contribution in [3.63, 3.8) is 0 Å². The number of aryl methyl sites for hydroxylation is 1. The molecule has 2 aromatic carbocycles. The minimum absolute atomic E-state index is 0.201. The second-order valence-electron chi connectivity index (χ2n) is 5.12. The zero-order valence-electron chi connectivity index (χ0n) is 12.7. The van der Waals surface area contributed by atoms with Crippen LogP contribution in [0.1, 0.15) is 16.7 Å². The first-order chi connectivity index (χ1) is 11.0. The Balaban J connectivity index is 1.83. The molecule has 0 spiro atoms. The zero-order chi connectivity index (χ0) is 16.8. The molecule has 0 aromatic heterocycles. The highest BCUT2D eigenvalue weighted by Gasteiger charge is 2.02. The number of hydrogen-bond acceptors (Lipinski definition) is 5. The molecule has 23 heavy (non-hydrogen) atoms. The van der Waals surface area contributed by atoms with Gasteiger partial charge in [-0.15, -0.1) is 0 Å². The molecule has 0 saturated heterocycles. The van der Waals surface area contributed by atoms with Crippen LogP contribution in [0.4, 0.5) is 0 Å². The number of benzene rings is 2. The fourth-order valence-corrected chi connectivity index (χ4v) is 1.94. The third-order valence-corrected chi connectivity index (χ3v) is 3.32. The van der Waals surface area contributed by atoms with Crippen molar-refractivity contribution in [2.75, 3.05) is 6.61 Å². The number of hydrogen-bond donors (Lipinski definition) is 3. The lowest BCUT2D eigenvalue weighted by Gasteiger charge is -2.05. The van der Waals surface area contributed by atoms with Gasteiger partial charge < -0.3 is 20.1 Å². The maximum Gasteiger partial charge on any atom is 0.330 e. The van der Waals surface area contributed by atoms with Gasteiger partial charge in [-0.3, -0.25) is 0 Å². The quantitative estimate of drug-likeness (QED) is 0.449. The standard InChI is InChI=1S/C18H18O5/c1-12-2-3-14(10-16(12)20)8-9-23-18(22)7-5-13-4-6-15(19)17(21)11-13/h2-7,10-11,19-21H,8-9H2,1H3/b7-5+. The van der Waals surface area contributed by atoms with Crippen LogP contribution in [0, 0.1) is 6.92 Å². The third kappa shape index (κ3) is 4.78. The summed E-state index contributed by atoms with van der Waals surface area (Å²) in [5, 5.41) is 28.2. The summed E-state index contributed by atoms with van der Waals surface area (Å²) in [4.78, 5) is 11.6. The lowest BCUT2D eigenvalue weighted by atomic mass is 10.1. The molecule has 120 valence electrons. The Morgan fingerprint density at radius 2 is 1.83 bits per heavy atom. The van der Waals surface area contributed by atoms with Crippen LogP contribution in [0.25, 0.3) is 6.08 Å². The van der Waals surface area contributed by atoms with Gasteiger partial charge in [-0.1, -0.05) is 18.2 Å². The molecule has 0 fully saturated rings. The summed E-state index contributed by atoms with van der Waals surface area (Å²) in [5.74, 6) is -0.750. The fourth-order valence-electron chi connectivity index (χ4n) is 1.94. The Labute approximate surface area is 134 Å². The van der Waals surface area contributed by atoms with Crippen molar-refractivity contribution < 1.29 is 24.9 Å². The van der Waals surface area contributed by atoms with E-state index in [1.54, 1.807) is 12.1 Å². The zero-order valence-corrected chi connectivity index (χ0v) is 12.7. The van der Waals surface area contributed by atoms with E-state index in [-0.39, 0.29) is 23.9 Å². The van der Waals surface area contributed by atoms with E-state index in [2.05, 4.69) is 0 Å². The summed E-state index contributed by atoms with van der Waals surface area (Å²) >= 11 is 0. The van der Waals surface area contributed by atoms with Gasteiger partial charge in [0.2, 0.25) is 0 Å². The fraction of sp³-hybridized carbons (Fsp3) is 0.167. The lowest BCUT2D eigenvalue weighted by Crippen LogP contribution is -2.04. The summed E-state index contributed by atoms with van der Waals surface area (Å²) in [6.07, 6.45) is 3.24. The highest BCUT2D eigenvalue weighted by Crippen LogP contribution is 2.25. The van der Waals surface area contributed by atoms with E-state index in [1.165, 1.54) is 24.3 Å². The van der Waals surface area contributed by atoms with Crippen LogP contribution in [0.3, 0.4) is 0 Å². The van der Waals surface area contributed by atoms with Crippen molar-refractivity contribution in [3.05, 3.63) is 59.2 Å². The SMILES string of the molecule is Cc1ccc(CCOC(=O)/C=C/c2ccc(O)c(O)c2)cc1O. The molecule has 0 aliphatic heterocycles. The highest BCUT2D eigenvalue weighted by atomic mass is 16.5. The van der Waals surface area contributed by atoms with Gasteiger partial charge in [0.1, 0.15) is 5.75 Å². The Morgan fingerprint density at radius 1 is 1.04 bits per heavy atom. The van der Waals surface area contributed by atoms with Crippen LogP contribution in [0.5, 0.6) is 17.2 Å². The third-order valence-electron chi connectivity index (χ3n) is 3.32. The molecule has 0 amide bonds. The van der Waals surface area contributed by atoms with Gasteiger partial charge in [0.05, 0.1) is 6.61 Å². The molecule has 2 rings (SSSR count). The Bertz CT molecular complexity index is 734. The number of aromatic hydroxyl groups is 3. The molecule has 0 atom stereocenters. The topological polar surface area (TPSA) is 87.0 Å². The van der Waals surface area contributed by atoms with Crippen LogP contribution in [0.2, 0.25) is 0 Å². The minimum atomic E-state index is -0.506. The molecule has 0 saturated carbocycles. The van der Waals surface area contributed by atoms with Gasteiger partial charge in [0, 0.05) is 12.5 Å². The van der Waals surface area contributed by atoms with E-state index in [9.17, 15) is 20.1 Å². The maximum atomic E-state index is 11.6. The average Bonchev–Trinajstić information content (AvgIpc) is 2.52. The van der Waals surface area contributed by atoms with Gasteiger partial charge in [-0.25, -0.2) is 4.79 Å². The predicted octanol–water partition coefficient (Wildman–Crippen LogP) is 2.91. The van der Waals surface area contributed by atoms with Gasteiger partial charge >= 0.3 is 5.97 Å². The van der Waals surface area contributed by atoms with Crippen molar-refractivity contribution in [2.24, 2.45) is 0 Å². The monoisotopic (exact) mass is 314 g/mol. The Kier molecular flexibility index (Phi) is 5.25. The summed E-state index contributed by atoms with van der Waals surface area (Å²) in [6.45, 7) is 2.01. The lowest BCUT2D eigenvalue weighted by molar-refractivity contribution is -0.137. The molecule has 0 bridgehead atoms. The van der Waals surface area contributed by atoms with Crippen molar-refractivity contribution in [3.8, 4) is 17.2 Å². The molecule has 5 nitrogen and oxygen atoms in total. The molecule has 0 unspecified atom stereocenters. The van der Waals surface area contributed by atoms with E-state index in [0.29, 0.717) is 12.0 Å². The smallest absolute Gasteiger partial charge is 0.330 e. The average molecular weight is 314 g/mol. The second kappa shape index (κ2) is 7.35. The van der Waals surface area contributed by atoms with Gasteiger partial charge in [0.25, 0.3) is 0 Å². The maximum absolute atomic E-state index is 11.6. The summed E-state index contributed by atoms with van der Waals surface area (Å²) in [6, 6.07) is 9.58. The van der Waals surface area contributed by atoms with Crippen molar-refractivity contribution in [2.45, 2.75) is 13.3 Å². The number of carbonyl (C=O) groups is 1. The number of carbonyl (C=O) groups excluding carboxylic acids is 1. The first-order valence-electron chi connectivity index (χ1n) is 7.11. The van der Waals surface area contributed by atoms with E-state index in [0.717, 1.165) is 11.1 Å². The molecule has 0 aliphatic carbocycles. The number of esters is 1. The Hall–Kier alpha value is -2.95. The first-order valence-corrected chi connectivity index (χ1v) is 7.11. The van der Waals surface area contributed by atoms with Crippen LogP contribution in [-0.4, -0.2) is 27.9 Å². The van der Waals surface area contributed by atoms with Crippen molar-refractivity contribution in [1.82, 2.24) is 0 Å². The van der Waals surface area contributed by atoms with Gasteiger partial charge in [0.15, 0.2) is 11.5 Å². The van der Waals surface area contributed by atoms with E-state index < -0.39 is 5.97 Å². The Morgan fingerprint density at radius 3 is 2.52 bits per heavy atom. The number of ether oxygens (including phenoxy) is 1. The summed E-state index contributed by atoms with van der Waals surface area (Å²) in [5.41, 5.74) is 2.25. The predicted molar refractivity (Wildman–Crippen MR) is 86.3 cm³/mol. The van der Waals surface area contributed by atoms with E-state index in [1.807, 2.05) is 19.1 Å². The van der Waals surface area contributed by atoms with E-state index in [4.69, 9.17) is 4.74 Å². The van der Waals surface area contributed by atoms with Crippen molar-refractivity contribution >= 4 is 12.0 Å². The van der Waals surface area contributed by atoms with Crippen LogP contribution >= 0.6 is 0 Å². The molecule has 3 N–H and O–H groups in total. The number of phenolic OH excluding ortho intramolecular Hbond substituents is 3. The van der Waals surface area contributed by atoms with Crippen LogP contribution in [-0.2, 0) is 16.0 Å². The highest BCUT2D eigenvalue weighted by molar-refractivity contribution is 5.87. The van der Waals surface area contributed by atoms with Crippen LogP contribution in [0.15, 0.2) is 42.5 Å². The molecular weight excluding hydrogens is 296 g/mol. The van der Waals surface area contributed by atoms with Gasteiger partial charge in [-0.05, 0) is 47.9 Å². The molecule has 2 aromatic rings. The minimum Gasteiger partial charge on any atom is -0.508 e. The van der Waals surface area contributed by atoms with Crippen molar-refractivity contribution in [1.29, 1.82) is 0 Å². The van der Waals surface area contributed by atoms with Crippen LogP contribution < -0.4 is 0 Å². The molecular formula is C18H18O5. The number of rotatable bonds is 5. The summed E-state index contributed by atoms with van der Waals surface area (Å²) in [7, 11) is 0. The second-order valence-corrected chi connectivity index (χ2v) is 5.12. The van der Waals surface area contributed by atoms with Gasteiger partial charge in [-0.2, -0.15) is 0 Å². The number of phenols is 3. The molecule has 5 heteroatoms. The largest absolute Gasteiger partial charge is 0.508 e. The van der Waals surface area contributed by atoms with E-state index >= 15 is 0 Å². The molecule has 0 heterocycles. The molecule has 0 aliphatic rings.